The minimum Gasteiger partial charge on any atom is -0.493 e. The lowest BCUT2D eigenvalue weighted by Crippen LogP contribution is -2.16. The van der Waals surface area contributed by atoms with E-state index in [9.17, 15) is 9.59 Å². The quantitative estimate of drug-likeness (QED) is 0.583. The first kappa shape index (κ1) is 20.0. The van der Waals surface area contributed by atoms with E-state index in [1.165, 1.54) is 0 Å². The number of hydrogen-bond donors (Lipinski definition) is 2. The molecule has 0 unspecified atom stereocenters. The van der Waals surface area contributed by atoms with E-state index < -0.39 is 6.09 Å². The molecule has 0 aliphatic carbocycles. The molecule has 0 bridgehead atoms. The van der Waals surface area contributed by atoms with Gasteiger partial charge < -0.3 is 19.5 Å². The van der Waals surface area contributed by atoms with Crippen molar-refractivity contribution in [3.63, 3.8) is 0 Å². The molecular weight excluding hydrogens is 396 g/mol. The number of rotatable bonds is 5. The van der Waals surface area contributed by atoms with Crippen LogP contribution >= 0.6 is 0 Å². The van der Waals surface area contributed by atoms with Gasteiger partial charge in [0, 0.05) is 22.9 Å². The largest absolute Gasteiger partial charge is 0.493 e. The molecule has 0 spiro atoms. The molecule has 1 aliphatic rings. The number of para-hydroxylation sites is 1. The molecule has 0 radical (unpaired) electrons. The first-order valence-corrected chi connectivity index (χ1v) is 9.51. The molecule has 7 heteroatoms. The fourth-order valence-electron chi connectivity index (χ4n) is 3.23. The van der Waals surface area contributed by atoms with E-state index in [0.717, 1.165) is 11.1 Å². The van der Waals surface area contributed by atoms with Crippen molar-refractivity contribution in [1.29, 1.82) is 0 Å². The first-order valence-electron chi connectivity index (χ1n) is 9.51. The monoisotopic (exact) mass is 416 g/mol. The zero-order chi connectivity index (χ0) is 21.8. The van der Waals surface area contributed by atoms with Gasteiger partial charge in [0.05, 0.1) is 19.9 Å². The highest BCUT2D eigenvalue weighted by molar-refractivity contribution is 6.35. The number of carbonyl (C=O) groups is 2. The number of fused-ring (bicyclic) bond motifs is 1. The van der Waals surface area contributed by atoms with Crippen molar-refractivity contribution in [2.24, 2.45) is 0 Å². The minimum atomic E-state index is -0.581. The molecule has 0 atom stereocenters. The van der Waals surface area contributed by atoms with Gasteiger partial charge in [0.1, 0.15) is 5.75 Å². The Morgan fingerprint density at radius 3 is 2.29 bits per heavy atom. The summed E-state index contributed by atoms with van der Waals surface area (Å²) in [4.78, 5) is 24.5. The lowest BCUT2D eigenvalue weighted by atomic mass is 10.0. The summed E-state index contributed by atoms with van der Waals surface area (Å²) in [7, 11) is 3.09. The van der Waals surface area contributed by atoms with Crippen LogP contribution in [0.2, 0.25) is 0 Å². The lowest BCUT2D eigenvalue weighted by Gasteiger charge is -2.09. The Labute approximate surface area is 179 Å². The summed E-state index contributed by atoms with van der Waals surface area (Å²) in [6.45, 7) is 0. The van der Waals surface area contributed by atoms with E-state index in [-0.39, 0.29) is 5.91 Å². The standard InChI is InChI=1S/C24H20N2O5/c1-29-21-13-18-19(23(27)26-20(18)14-22(21)30-2)12-15-8-10-17(11-9-15)31-24(28)25-16-6-4-3-5-7-16/h3-14H,1-2H3,(H,25,28)(H,26,27)/b19-12+. The fourth-order valence-corrected chi connectivity index (χ4v) is 3.23. The van der Waals surface area contributed by atoms with Crippen molar-refractivity contribution in [2.75, 3.05) is 24.9 Å². The summed E-state index contributed by atoms with van der Waals surface area (Å²) in [5.74, 6) is 1.25. The van der Waals surface area contributed by atoms with Gasteiger partial charge in [-0.1, -0.05) is 30.3 Å². The highest BCUT2D eigenvalue weighted by Gasteiger charge is 2.26. The maximum Gasteiger partial charge on any atom is 0.417 e. The molecule has 2 N–H and O–H groups in total. The van der Waals surface area contributed by atoms with Crippen molar-refractivity contribution in [3.8, 4) is 17.2 Å². The lowest BCUT2D eigenvalue weighted by molar-refractivity contribution is -0.110. The molecule has 0 saturated carbocycles. The number of methoxy groups -OCH3 is 2. The van der Waals surface area contributed by atoms with Crippen LogP contribution in [-0.2, 0) is 4.79 Å². The molecule has 3 aromatic rings. The van der Waals surface area contributed by atoms with Crippen LogP contribution < -0.4 is 24.8 Å². The van der Waals surface area contributed by atoms with E-state index in [4.69, 9.17) is 14.2 Å². The number of benzene rings is 3. The van der Waals surface area contributed by atoms with Crippen LogP contribution in [0, 0.1) is 0 Å². The van der Waals surface area contributed by atoms with Crippen molar-refractivity contribution >= 4 is 35.0 Å². The molecule has 31 heavy (non-hydrogen) atoms. The van der Waals surface area contributed by atoms with Gasteiger partial charge in [0.2, 0.25) is 0 Å². The third kappa shape index (κ3) is 4.35. The van der Waals surface area contributed by atoms with Crippen molar-refractivity contribution in [3.05, 3.63) is 77.9 Å². The van der Waals surface area contributed by atoms with Gasteiger partial charge in [-0.3, -0.25) is 10.1 Å². The second kappa shape index (κ2) is 8.62. The molecule has 156 valence electrons. The summed E-state index contributed by atoms with van der Waals surface area (Å²) < 4.78 is 15.9. The number of hydrogen-bond acceptors (Lipinski definition) is 5. The Hall–Kier alpha value is -4.26. The highest BCUT2D eigenvalue weighted by Crippen LogP contribution is 2.41. The van der Waals surface area contributed by atoms with Gasteiger partial charge in [0.25, 0.3) is 5.91 Å². The Kier molecular flexibility index (Phi) is 5.57. The molecular formula is C24H20N2O5. The maximum absolute atomic E-state index is 12.5. The smallest absolute Gasteiger partial charge is 0.417 e. The highest BCUT2D eigenvalue weighted by atomic mass is 16.6. The summed E-state index contributed by atoms with van der Waals surface area (Å²) in [5.41, 5.74) is 3.32. The van der Waals surface area contributed by atoms with Crippen LogP contribution in [0.4, 0.5) is 16.2 Å². The Balaban J connectivity index is 1.51. The number of anilines is 2. The number of nitrogens with one attached hydrogen (secondary N) is 2. The van der Waals surface area contributed by atoms with Crippen LogP contribution in [0.15, 0.2) is 66.7 Å². The predicted molar refractivity (Wildman–Crippen MR) is 119 cm³/mol. The number of carbonyl (C=O) groups excluding carboxylic acids is 2. The van der Waals surface area contributed by atoms with Crippen molar-refractivity contribution < 1.29 is 23.8 Å². The molecule has 1 aliphatic heterocycles. The summed E-state index contributed by atoms with van der Waals surface area (Å²) in [6, 6.07) is 19.4. The zero-order valence-electron chi connectivity index (χ0n) is 17.0. The Bertz CT molecular complexity index is 1150. The van der Waals surface area contributed by atoms with Crippen LogP contribution in [0.3, 0.4) is 0 Å². The molecule has 0 saturated heterocycles. The van der Waals surface area contributed by atoms with E-state index in [1.54, 1.807) is 68.8 Å². The second-order valence-electron chi connectivity index (χ2n) is 6.71. The minimum absolute atomic E-state index is 0.215. The second-order valence-corrected chi connectivity index (χ2v) is 6.71. The predicted octanol–water partition coefficient (Wildman–Crippen LogP) is 4.81. The van der Waals surface area contributed by atoms with Gasteiger partial charge in [0.15, 0.2) is 11.5 Å². The molecule has 3 aromatic carbocycles. The number of amides is 2. The summed E-state index contributed by atoms with van der Waals surface area (Å²) in [6.07, 6.45) is 1.18. The summed E-state index contributed by atoms with van der Waals surface area (Å²) in [5, 5.41) is 5.49. The van der Waals surface area contributed by atoms with E-state index in [2.05, 4.69) is 10.6 Å². The fraction of sp³-hybridized carbons (Fsp3) is 0.0833. The third-order valence-electron chi connectivity index (χ3n) is 4.73. The van der Waals surface area contributed by atoms with Crippen LogP contribution in [0.25, 0.3) is 11.6 Å². The Morgan fingerprint density at radius 2 is 1.61 bits per heavy atom. The SMILES string of the molecule is COc1cc2c(cc1OC)/C(=C\c1ccc(OC(=O)Nc3ccccc3)cc1)C(=O)N2. The normalized spacial score (nSPS) is 13.4. The topological polar surface area (TPSA) is 85.9 Å². The third-order valence-corrected chi connectivity index (χ3v) is 4.73. The van der Waals surface area contributed by atoms with Gasteiger partial charge in [-0.2, -0.15) is 0 Å². The van der Waals surface area contributed by atoms with Gasteiger partial charge in [-0.05, 0) is 42.0 Å². The van der Waals surface area contributed by atoms with E-state index in [0.29, 0.717) is 34.2 Å². The average Bonchev–Trinajstić information content (AvgIpc) is 3.08. The average molecular weight is 416 g/mol. The van der Waals surface area contributed by atoms with Gasteiger partial charge in [-0.15, -0.1) is 0 Å². The first-order chi connectivity index (χ1) is 15.1. The number of ether oxygens (including phenoxy) is 3. The molecule has 0 fully saturated rings. The van der Waals surface area contributed by atoms with Crippen LogP contribution in [-0.4, -0.2) is 26.2 Å². The van der Waals surface area contributed by atoms with Crippen molar-refractivity contribution in [2.45, 2.75) is 0 Å². The maximum atomic E-state index is 12.5. The van der Waals surface area contributed by atoms with Crippen LogP contribution in [0.5, 0.6) is 17.2 Å². The zero-order valence-corrected chi connectivity index (χ0v) is 17.0. The Morgan fingerprint density at radius 1 is 0.935 bits per heavy atom. The van der Waals surface area contributed by atoms with Crippen molar-refractivity contribution in [1.82, 2.24) is 0 Å². The molecule has 1 heterocycles. The van der Waals surface area contributed by atoms with E-state index >= 15 is 0 Å². The molecule has 7 nitrogen and oxygen atoms in total. The summed E-state index contributed by atoms with van der Waals surface area (Å²) >= 11 is 0. The molecule has 4 rings (SSSR count). The molecule has 0 aromatic heterocycles. The van der Waals surface area contributed by atoms with Gasteiger partial charge >= 0.3 is 6.09 Å². The van der Waals surface area contributed by atoms with E-state index in [1.807, 2.05) is 18.2 Å². The van der Waals surface area contributed by atoms with Crippen LogP contribution in [0.1, 0.15) is 11.1 Å². The molecule has 2 amide bonds. The van der Waals surface area contributed by atoms with Gasteiger partial charge in [-0.25, -0.2) is 4.79 Å².